The summed E-state index contributed by atoms with van der Waals surface area (Å²) in [5.41, 5.74) is 6.79. The zero-order valence-electron chi connectivity index (χ0n) is 8.69. The van der Waals surface area contributed by atoms with Crippen LogP contribution in [0.15, 0.2) is 6.07 Å². The maximum atomic E-state index is 12.0. The first-order valence-electron chi connectivity index (χ1n) is 4.69. The van der Waals surface area contributed by atoms with E-state index in [-0.39, 0.29) is 6.42 Å². The first-order valence-corrected chi connectivity index (χ1v) is 5.50. The lowest BCUT2D eigenvalue weighted by atomic mass is 10.1. The molecule has 0 aromatic carbocycles. The smallest absolute Gasteiger partial charge is 0.323 e. The van der Waals surface area contributed by atoms with Crippen LogP contribution in [-0.4, -0.2) is 6.18 Å². The number of rotatable bonds is 3. The predicted molar refractivity (Wildman–Crippen MR) is 56.0 cm³/mol. The Bertz CT molecular complexity index is 310. The van der Waals surface area contributed by atoms with Gasteiger partial charge in [0.2, 0.25) is 0 Å². The molecule has 0 amide bonds. The zero-order valence-corrected chi connectivity index (χ0v) is 9.50. The fraction of sp³-hybridized carbons (Fsp3) is 0.600. The molecule has 1 nitrogen and oxygen atoms in total. The molecule has 1 heterocycles. The number of aryl methyl sites for hydroxylation is 2. The van der Waals surface area contributed by atoms with E-state index in [1.165, 1.54) is 11.3 Å². The van der Waals surface area contributed by atoms with Crippen LogP contribution >= 0.6 is 11.3 Å². The highest BCUT2D eigenvalue weighted by molar-refractivity contribution is 7.12. The van der Waals surface area contributed by atoms with Crippen molar-refractivity contribution in [2.75, 3.05) is 0 Å². The van der Waals surface area contributed by atoms with E-state index in [0.717, 1.165) is 15.3 Å². The molecule has 1 aromatic rings. The maximum absolute atomic E-state index is 12.0. The Balaban J connectivity index is 2.58. The first-order chi connectivity index (χ1) is 6.79. The summed E-state index contributed by atoms with van der Waals surface area (Å²) in [6.45, 7) is 3.88. The third-order valence-corrected chi connectivity index (χ3v) is 3.57. The van der Waals surface area contributed by atoms with Gasteiger partial charge >= 0.3 is 6.18 Å². The van der Waals surface area contributed by atoms with Gasteiger partial charge in [-0.3, -0.25) is 0 Å². The Labute approximate surface area is 91.1 Å². The van der Waals surface area contributed by atoms with Gasteiger partial charge in [-0.1, -0.05) is 0 Å². The van der Waals surface area contributed by atoms with Crippen LogP contribution in [0, 0.1) is 13.8 Å². The van der Waals surface area contributed by atoms with E-state index in [0.29, 0.717) is 0 Å². The Morgan fingerprint density at radius 1 is 1.40 bits per heavy atom. The molecule has 0 aliphatic heterocycles. The molecule has 1 rings (SSSR count). The molecule has 2 N–H and O–H groups in total. The summed E-state index contributed by atoms with van der Waals surface area (Å²) in [7, 11) is 0. The van der Waals surface area contributed by atoms with Crippen molar-refractivity contribution in [2.45, 2.75) is 38.9 Å². The van der Waals surface area contributed by atoms with E-state index >= 15 is 0 Å². The molecule has 86 valence electrons. The van der Waals surface area contributed by atoms with Gasteiger partial charge in [0, 0.05) is 22.2 Å². The van der Waals surface area contributed by atoms with Crippen molar-refractivity contribution in [1.82, 2.24) is 0 Å². The highest BCUT2D eigenvalue weighted by atomic mass is 32.1. The molecule has 15 heavy (non-hydrogen) atoms. The Hall–Kier alpha value is -0.550. The van der Waals surface area contributed by atoms with Crippen LogP contribution in [0.25, 0.3) is 0 Å². The summed E-state index contributed by atoms with van der Waals surface area (Å²) in [5.74, 6) is 0. The molecule has 0 bridgehead atoms. The SMILES string of the molecule is Cc1cc(C(N)CCC(F)(F)F)sc1C. The summed E-state index contributed by atoms with van der Waals surface area (Å²) in [4.78, 5) is 1.96. The van der Waals surface area contributed by atoms with E-state index in [1.54, 1.807) is 0 Å². The third-order valence-electron chi connectivity index (χ3n) is 2.29. The summed E-state index contributed by atoms with van der Waals surface area (Å²) in [5, 5.41) is 0. The van der Waals surface area contributed by atoms with Crippen LogP contribution < -0.4 is 5.73 Å². The van der Waals surface area contributed by atoms with Gasteiger partial charge in [0.25, 0.3) is 0 Å². The summed E-state index contributed by atoms with van der Waals surface area (Å²) in [6.07, 6.45) is -4.97. The van der Waals surface area contributed by atoms with Gasteiger partial charge in [-0.05, 0) is 31.9 Å². The lowest BCUT2D eigenvalue weighted by Crippen LogP contribution is -2.14. The molecule has 0 aliphatic carbocycles. The normalized spacial score (nSPS) is 14.3. The molecule has 0 aliphatic rings. The zero-order chi connectivity index (χ0) is 11.6. The standard InChI is InChI=1S/C10H14F3NS/c1-6-5-9(15-7(6)2)8(14)3-4-10(11,12)13/h5,8H,3-4,14H2,1-2H3. The Morgan fingerprint density at radius 2 is 2.00 bits per heavy atom. The van der Waals surface area contributed by atoms with E-state index in [1.807, 2.05) is 19.9 Å². The molecule has 0 saturated heterocycles. The van der Waals surface area contributed by atoms with E-state index in [2.05, 4.69) is 0 Å². The van der Waals surface area contributed by atoms with Crippen LogP contribution in [0.4, 0.5) is 13.2 Å². The van der Waals surface area contributed by atoms with E-state index < -0.39 is 18.6 Å². The lowest BCUT2D eigenvalue weighted by molar-refractivity contribution is -0.136. The molecule has 5 heteroatoms. The number of hydrogen-bond acceptors (Lipinski definition) is 2. The molecule has 0 spiro atoms. The van der Waals surface area contributed by atoms with Gasteiger partial charge in [-0.15, -0.1) is 11.3 Å². The van der Waals surface area contributed by atoms with E-state index in [4.69, 9.17) is 5.73 Å². The second-order valence-corrected chi connectivity index (χ2v) is 4.94. The molecule has 1 atom stereocenters. The number of thiophene rings is 1. The van der Waals surface area contributed by atoms with Crippen LogP contribution in [0.5, 0.6) is 0 Å². The van der Waals surface area contributed by atoms with Crippen molar-refractivity contribution in [1.29, 1.82) is 0 Å². The van der Waals surface area contributed by atoms with Crippen molar-refractivity contribution >= 4 is 11.3 Å². The highest BCUT2D eigenvalue weighted by Gasteiger charge is 2.28. The van der Waals surface area contributed by atoms with Crippen molar-refractivity contribution < 1.29 is 13.2 Å². The lowest BCUT2D eigenvalue weighted by Gasteiger charge is -2.11. The monoisotopic (exact) mass is 237 g/mol. The highest BCUT2D eigenvalue weighted by Crippen LogP contribution is 2.30. The average Bonchev–Trinajstić information content (AvgIpc) is 2.42. The van der Waals surface area contributed by atoms with Crippen LogP contribution in [0.1, 0.15) is 34.2 Å². The molecule has 1 aromatic heterocycles. The van der Waals surface area contributed by atoms with Gasteiger partial charge in [0.1, 0.15) is 0 Å². The van der Waals surface area contributed by atoms with Crippen LogP contribution in [0.2, 0.25) is 0 Å². The molecule has 0 radical (unpaired) electrons. The number of halogens is 3. The number of nitrogens with two attached hydrogens (primary N) is 1. The minimum Gasteiger partial charge on any atom is -0.323 e. The Kier molecular flexibility index (Phi) is 3.78. The van der Waals surface area contributed by atoms with Gasteiger partial charge < -0.3 is 5.73 Å². The largest absolute Gasteiger partial charge is 0.389 e. The molecular formula is C10H14F3NS. The fourth-order valence-corrected chi connectivity index (χ4v) is 2.32. The number of hydrogen-bond donors (Lipinski definition) is 1. The Morgan fingerprint density at radius 3 is 2.40 bits per heavy atom. The van der Waals surface area contributed by atoms with Crippen molar-refractivity contribution in [3.63, 3.8) is 0 Å². The second kappa shape index (κ2) is 4.53. The third kappa shape index (κ3) is 3.83. The maximum Gasteiger partial charge on any atom is 0.389 e. The molecular weight excluding hydrogens is 223 g/mol. The van der Waals surface area contributed by atoms with Crippen molar-refractivity contribution in [3.8, 4) is 0 Å². The quantitative estimate of drug-likeness (QED) is 0.852. The van der Waals surface area contributed by atoms with E-state index in [9.17, 15) is 13.2 Å². The van der Waals surface area contributed by atoms with Gasteiger partial charge in [0.15, 0.2) is 0 Å². The summed E-state index contributed by atoms with van der Waals surface area (Å²) < 4.78 is 35.9. The molecule has 0 fully saturated rings. The molecule has 1 unspecified atom stereocenters. The van der Waals surface area contributed by atoms with Crippen molar-refractivity contribution in [2.24, 2.45) is 5.73 Å². The summed E-state index contributed by atoms with van der Waals surface area (Å²) >= 11 is 1.48. The minimum absolute atomic E-state index is 0.0388. The van der Waals surface area contributed by atoms with Gasteiger partial charge in [-0.2, -0.15) is 13.2 Å². The van der Waals surface area contributed by atoms with Crippen LogP contribution in [0.3, 0.4) is 0 Å². The predicted octanol–water partition coefficient (Wildman–Crippen LogP) is 3.71. The number of alkyl halides is 3. The fourth-order valence-electron chi connectivity index (χ4n) is 1.25. The topological polar surface area (TPSA) is 26.0 Å². The second-order valence-electron chi connectivity index (χ2n) is 3.65. The minimum atomic E-state index is -4.11. The first kappa shape index (κ1) is 12.5. The summed E-state index contributed by atoms with van der Waals surface area (Å²) in [6, 6.07) is 1.38. The van der Waals surface area contributed by atoms with Crippen molar-refractivity contribution in [3.05, 3.63) is 21.4 Å². The average molecular weight is 237 g/mol. The van der Waals surface area contributed by atoms with Gasteiger partial charge in [0.05, 0.1) is 0 Å². The van der Waals surface area contributed by atoms with Gasteiger partial charge in [-0.25, -0.2) is 0 Å². The van der Waals surface area contributed by atoms with Crippen LogP contribution in [-0.2, 0) is 0 Å². The molecule has 0 saturated carbocycles.